The van der Waals surface area contributed by atoms with Gasteiger partial charge in [0.1, 0.15) is 0 Å². The summed E-state index contributed by atoms with van der Waals surface area (Å²) in [5, 5.41) is 11.4. The lowest BCUT2D eigenvalue weighted by molar-refractivity contribution is -0.593. The lowest BCUT2D eigenvalue weighted by atomic mass is 9.89. The summed E-state index contributed by atoms with van der Waals surface area (Å²) in [6.07, 6.45) is 25.2. The summed E-state index contributed by atoms with van der Waals surface area (Å²) in [5.41, 5.74) is 0. The Morgan fingerprint density at radius 1 is 0.867 bits per heavy atom. The molecule has 6 rings (SSSR count). The van der Waals surface area contributed by atoms with Crippen molar-refractivity contribution in [3.8, 4) is 0 Å². The maximum absolute atomic E-state index is 13.6. The molecule has 0 aromatic heterocycles. The van der Waals surface area contributed by atoms with Gasteiger partial charge in [-0.25, -0.2) is 4.99 Å². The second-order valence-electron chi connectivity index (χ2n) is 15.8. The molecular weight excluding hydrogens is 560 g/mol. The number of ether oxygens (including phenoxy) is 1. The summed E-state index contributed by atoms with van der Waals surface area (Å²) >= 11 is 0. The van der Waals surface area contributed by atoms with Crippen molar-refractivity contribution >= 4 is 17.9 Å². The summed E-state index contributed by atoms with van der Waals surface area (Å²) in [5.74, 6) is 2.20. The Balaban J connectivity index is 0.898. The highest BCUT2D eigenvalue weighted by molar-refractivity contribution is 5.86. The number of guanidine groups is 2. The van der Waals surface area contributed by atoms with E-state index in [2.05, 4.69) is 53.1 Å². The Kier molecular flexibility index (Phi) is 11.2. The van der Waals surface area contributed by atoms with Crippen molar-refractivity contribution in [1.29, 1.82) is 0 Å². The van der Waals surface area contributed by atoms with Gasteiger partial charge in [0, 0.05) is 31.0 Å². The van der Waals surface area contributed by atoms with Gasteiger partial charge < -0.3 is 15.0 Å². The fourth-order valence-corrected chi connectivity index (χ4v) is 9.85. The molecule has 3 N–H and O–H groups in total. The zero-order valence-corrected chi connectivity index (χ0v) is 29.1. The molecule has 0 saturated carbocycles. The number of carbonyl (C=O) groups is 1. The van der Waals surface area contributed by atoms with Gasteiger partial charge in [-0.15, -0.1) is 0 Å². The molecule has 45 heavy (non-hydrogen) atoms. The van der Waals surface area contributed by atoms with Crippen LogP contribution in [-0.4, -0.2) is 81.8 Å². The number of rotatable bonds is 16. The van der Waals surface area contributed by atoms with Crippen LogP contribution in [0.3, 0.4) is 0 Å². The van der Waals surface area contributed by atoms with Crippen LogP contribution in [0.4, 0.5) is 0 Å². The number of esters is 1. The fraction of sp³-hybridized carbons (Fsp3) is 0.919. The van der Waals surface area contributed by atoms with E-state index in [-0.39, 0.29) is 30.1 Å². The monoisotopic (exact) mass is 626 g/mol. The van der Waals surface area contributed by atoms with Gasteiger partial charge in [-0.3, -0.25) is 20.0 Å². The zero-order valence-electron chi connectivity index (χ0n) is 29.1. The third-order valence-electron chi connectivity index (χ3n) is 12.1. The van der Waals surface area contributed by atoms with Crippen molar-refractivity contribution in [2.24, 2.45) is 10.9 Å². The van der Waals surface area contributed by atoms with E-state index >= 15 is 0 Å². The average molecular weight is 626 g/mol. The number of hydrogen-bond donors (Lipinski definition) is 3. The molecule has 8 heteroatoms. The third kappa shape index (κ3) is 7.77. The van der Waals surface area contributed by atoms with Crippen LogP contribution in [0.5, 0.6) is 0 Å². The van der Waals surface area contributed by atoms with E-state index in [1.165, 1.54) is 115 Å². The molecule has 10 atom stereocenters. The zero-order chi connectivity index (χ0) is 31.3. The molecule has 0 spiro atoms. The van der Waals surface area contributed by atoms with Crippen LogP contribution < -0.4 is 16.0 Å². The van der Waals surface area contributed by atoms with Crippen LogP contribution in [0.15, 0.2) is 4.99 Å². The Morgan fingerprint density at radius 2 is 1.56 bits per heavy atom. The Labute approximate surface area is 274 Å². The second kappa shape index (κ2) is 15.3. The minimum Gasteiger partial charge on any atom is -0.462 e. The first-order chi connectivity index (χ1) is 21.9. The first-order valence-electron chi connectivity index (χ1n) is 19.4. The van der Waals surface area contributed by atoms with E-state index in [9.17, 15) is 4.79 Å². The van der Waals surface area contributed by atoms with E-state index < -0.39 is 0 Å². The third-order valence-corrected chi connectivity index (χ3v) is 12.1. The number of unbranched alkanes of at least 4 members (excludes halogenated alkanes) is 8. The van der Waals surface area contributed by atoms with Crippen LogP contribution >= 0.6 is 0 Å². The summed E-state index contributed by atoms with van der Waals surface area (Å²) in [7, 11) is 0. The number of aliphatic imine (C=N–C) groups is 1. The summed E-state index contributed by atoms with van der Waals surface area (Å²) in [4.78, 5) is 21.1. The molecule has 0 unspecified atom stereocenters. The molecule has 0 aliphatic carbocycles. The lowest BCUT2D eigenvalue weighted by Crippen LogP contribution is -2.63. The Hall–Kier alpha value is -1.99. The first-order valence-corrected chi connectivity index (χ1v) is 19.4. The summed E-state index contributed by atoms with van der Waals surface area (Å²) in [6.45, 7) is 8.82. The van der Waals surface area contributed by atoms with Crippen molar-refractivity contribution in [2.75, 3.05) is 0 Å². The van der Waals surface area contributed by atoms with Crippen molar-refractivity contribution in [1.82, 2.24) is 20.9 Å². The maximum Gasteiger partial charge on any atom is 0.346 e. The largest absolute Gasteiger partial charge is 0.462 e. The molecule has 3 fully saturated rings. The molecule has 0 aromatic rings. The predicted octanol–water partition coefficient (Wildman–Crippen LogP) is 6.22. The highest BCUT2D eigenvalue weighted by Gasteiger charge is 2.51. The first kappa shape index (κ1) is 32.9. The molecule has 254 valence electrons. The highest BCUT2D eigenvalue weighted by Crippen LogP contribution is 2.40. The van der Waals surface area contributed by atoms with Gasteiger partial charge in [0.2, 0.25) is 0 Å². The van der Waals surface area contributed by atoms with E-state index in [1.807, 2.05) is 0 Å². The van der Waals surface area contributed by atoms with Gasteiger partial charge in [0.05, 0.1) is 42.2 Å². The smallest absolute Gasteiger partial charge is 0.346 e. The van der Waals surface area contributed by atoms with Crippen LogP contribution in [0.2, 0.25) is 0 Å². The van der Waals surface area contributed by atoms with Gasteiger partial charge in [-0.05, 0) is 78.6 Å². The standard InChI is InChI=1S/C37H64N6O2/c1-5-6-7-8-9-10-13-16-29-24-32-20-21-33-34(27(4)39-37(41-29)43(32)33)35(44)45-26(3)15-12-11-14-17-28-23-31-19-18-30-22-25(2)38-36(40-28)42(30)31/h25-34H,5-24H2,1-4H3,(H2,38,39,40,41)/p+1/t25-,26-,27-,28+,29-,30+,31-,32+,33+,34+/m1/s1. The number of carbonyl (C=O) groups excluding carboxylic acids is 1. The van der Waals surface area contributed by atoms with Gasteiger partial charge in [-0.1, -0.05) is 64.7 Å². The molecule has 6 heterocycles. The molecule has 0 amide bonds. The highest BCUT2D eigenvalue weighted by atomic mass is 16.5. The van der Waals surface area contributed by atoms with Crippen molar-refractivity contribution in [2.45, 2.75) is 211 Å². The van der Waals surface area contributed by atoms with E-state index in [0.717, 1.165) is 37.3 Å². The van der Waals surface area contributed by atoms with Crippen LogP contribution in [0, 0.1) is 5.92 Å². The van der Waals surface area contributed by atoms with E-state index in [0.29, 0.717) is 24.2 Å². The minimum atomic E-state index is -0.150. The van der Waals surface area contributed by atoms with Crippen molar-refractivity contribution < 1.29 is 14.1 Å². The normalized spacial score (nSPS) is 35.5. The predicted molar refractivity (Wildman–Crippen MR) is 183 cm³/mol. The molecule has 8 nitrogen and oxygen atoms in total. The van der Waals surface area contributed by atoms with Gasteiger partial charge in [0.25, 0.3) is 0 Å². The minimum absolute atomic E-state index is 0.0225. The fourth-order valence-electron chi connectivity index (χ4n) is 9.85. The average Bonchev–Trinajstić information content (AvgIpc) is 3.61. The van der Waals surface area contributed by atoms with Crippen LogP contribution in [0.25, 0.3) is 0 Å². The molecular formula is C37H65N6O2+. The van der Waals surface area contributed by atoms with Gasteiger partial charge >= 0.3 is 11.9 Å². The van der Waals surface area contributed by atoms with E-state index in [1.54, 1.807) is 0 Å². The Bertz CT molecular complexity index is 1060. The molecule has 0 aromatic carbocycles. The van der Waals surface area contributed by atoms with Crippen LogP contribution in [-0.2, 0) is 9.53 Å². The van der Waals surface area contributed by atoms with Gasteiger partial charge in [-0.2, -0.15) is 0 Å². The van der Waals surface area contributed by atoms with Crippen LogP contribution in [0.1, 0.15) is 156 Å². The maximum atomic E-state index is 13.6. The van der Waals surface area contributed by atoms with Gasteiger partial charge in [0.15, 0.2) is 5.96 Å². The van der Waals surface area contributed by atoms with Crippen molar-refractivity contribution in [3.63, 3.8) is 0 Å². The Morgan fingerprint density at radius 3 is 2.33 bits per heavy atom. The SMILES string of the molecule is CCCCCCCCC[C@@H]1C[C@@H]2CC[C@H]3[C@@H](C(=O)O[C@H](C)CCCCC[C@H]4C[C@H]5CC[C@H]6C[C@@H](C)NC(=[N+]56)N4)[C@@H](C)N=C(N1)N23. The second-order valence-corrected chi connectivity index (χ2v) is 15.8. The lowest BCUT2D eigenvalue weighted by Gasteiger charge is -2.47. The molecule has 6 aliphatic rings. The molecule has 6 aliphatic heterocycles. The summed E-state index contributed by atoms with van der Waals surface area (Å²) in [6, 6.07) is 3.89. The number of hydrogen-bond acceptors (Lipinski definition) is 7. The number of nitrogens with one attached hydrogen (secondary N) is 3. The molecule has 3 saturated heterocycles. The van der Waals surface area contributed by atoms with E-state index in [4.69, 9.17) is 9.73 Å². The molecule has 0 radical (unpaired) electrons. The quantitative estimate of drug-likeness (QED) is 0.107. The topological polar surface area (TPSA) is 81.0 Å². The van der Waals surface area contributed by atoms with Crippen molar-refractivity contribution in [3.05, 3.63) is 0 Å². The number of nitrogens with zero attached hydrogens (tertiary/aromatic N) is 3. The molecule has 0 bridgehead atoms. The summed E-state index contributed by atoms with van der Waals surface area (Å²) < 4.78 is 8.79.